The van der Waals surface area contributed by atoms with Gasteiger partial charge in [-0.3, -0.25) is 20.2 Å². The van der Waals surface area contributed by atoms with Gasteiger partial charge in [0, 0.05) is 63.8 Å². The summed E-state index contributed by atoms with van der Waals surface area (Å²) in [4.78, 5) is 50.2. The van der Waals surface area contributed by atoms with E-state index in [-0.39, 0.29) is 17.9 Å². The van der Waals surface area contributed by atoms with Gasteiger partial charge in [-0.05, 0) is 37.1 Å². The third-order valence-corrected chi connectivity index (χ3v) is 8.45. The quantitative estimate of drug-likeness (QED) is 0.372. The molecule has 0 spiro atoms. The van der Waals surface area contributed by atoms with Gasteiger partial charge in [0.25, 0.3) is 5.91 Å². The monoisotopic (exact) mass is 557 g/mol. The minimum Gasteiger partial charge on any atom is -0.353 e. The molecule has 206 valence electrons. The van der Waals surface area contributed by atoms with Crippen molar-refractivity contribution in [2.75, 3.05) is 56.2 Å². The lowest BCUT2D eigenvalue weighted by atomic mass is 9.98. The Morgan fingerprint density at radius 3 is 2.38 bits per heavy atom. The zero-order valence-electron chi connectivity index (χ0n) is 22.3. The third-order valence-electron chi connectivity index (χ3n) is 7.44. The van der Waals surface area contributed by atoms with Gasteiger partial charge in [-0.1, -0.05) is 18.2 Å². The fourth-order valence-electron chi connectivity index (χ4n) is 5.14. The van der Waals surface area contributed by atoms with Gasteiger partial charge >= 0.3 is 6.03 Å². The zero-order valence-corrected chi connectivity index (χ0v) is 23.1. The SMILES string of the molecule is CN(NC(=O)c1csc(C2CCN(C(=O)N3CCN(c4ccccn4)CC3)CC2)n1)c1cnc2ccccc2n1. The number of likely N-dealkylation sites (tertiary alicyclic amines) is 1. The molecule has 0 radical (unpaired) electrons. The van der Waals surface area contributed by atoms with Crippen LogP contribution in [0.2, 0.25) is 0 Å². The van der Waals surface area contributed by atoms with Crippen LogP contribution in [0.4, 0.5) is 16.4 Å². The number of aromatic nitrogens is 4. The summed E-state index contributed by atoms with van der Waals surface area (Å²) < 4.78 is 0. The van der Waals surface area contributed by atoms with Crippen molar-refractivity contribution >= 4 is 45.9 Å². The molecule has 1 N–H and O–H groups in total. The number of pyridine rings is 1. The summed E-state index contributed by atoms with van der Waals surface area (Å²) in [6.07, 6.45) is 5.10. The number of urea groups is 1. The highest BCUT2D eigenvalue weighted by Crippen LogP contribution is 2.31. The summed E-state index contributed by atoms with van der Waals surface area (Å²) in [5.41, 5.74) is 4.77. The highest BCUT2D eigenvalue weighted by molar-refractivity contribution is 7.09. The van der Waals surface area contributed by atoms with Gasteiger partial charge in [0.15, 0.2) is 5.82 Å². The van der Waals surface area contributed by atoms with Gasteiger partial charge in [-0.2, -0.15) is 0 Å². The van der Waals surface area contributed by atoms with Crippen LogP contribution in [0.15, 0.2) is 60.2 Å². The zero-order chi connectivity index (χ0) is 27.5. The van der Waals surface area contributed by atoms with E-state index in [0.29, 0.717) is 37.7 Å². The van der Waals surface area contributed by atoms with Crippen LogP contribution in [0.3, 0.4) is 0 Å². The van der Waals surface area contributed by atoms with E-state index in [4.69, 9.17) is 0 Å². The second-order valence-electron chi connectivity index (χ2n) is 9.99. The summed E-state index contributed by atoms with van der Waals surface area (Å²) in [5.74, 6) is 1.44. The lowest BCUT2D eigenvalue weighted by molar-refractivity contribution is 0.0946. The van der Waals surface area contributed by atoms with Crippen molar-refractivity contribution in [3.63, 3.8) is 0 Å². The van der Waals surface area contributed by atoms with E-state index in [0.717, 1.165) is 47.8 Å². The summed E-state index contributed by atoms with van der Waals surface area (Å²) in [7, 11) is 1.73. The maximum atomic E-state index is 13.2. The minimum atomic E-state index is -0.294. The van der Waals surface area contributed by atoms with Crippen molar-refractivity contribution in [2.24, 2.45) is 0 Å². The molecule has 0 aliphatic carbocycles. The largest absolute Gasteiger partial charge is 0.353 e. The number of thiazole rings is 1. The summed E-state index contributed by atoms with van der Waals surface area (Å²) >= 11 is 1.50. The summed E-state index contributed by atoms with van der Waals surface area (Å²) in [6.45, 7) is 4.33. The molecule has 1 aromatic carbocycles. The molecular weight excluding hydrogens is 526 g/mol. The Kier molecular flexibility index (Phi) is 7.41. The molecule has 2 aliphatic heterocycles. The number of hydrogen-bond donors (Lipinski definition) is 1. The fourth-order valence-corrected chi connectivity index (χ4v) is 6.11. The number of nitrogens with zero attached hydrogens (tertiary/aromatic N) is 8. The van der Waals surface area contributed by atoms with Gasteiger partial charge in [-0.25, -0.2) is 19.7 Å². The standard InChI is InChI=1S/C28H31N9O2S/c1-34(25-18-30-21-6-2-3-7-22(21)31-25)33-26(38)23-19-40-27(32-23)20-9-12-36(13-10-20)28(39)37-16-14-35(15-17-37)24-8-4-5-11-29-24/h2-8,11,18-20H,9-10,12-17H2,1H3,(H,33,38). The number of para-hydroxylation sites is 2. The Balaban J connectivity index is 0.994. The number of anilines is 2. The molecule has 11 nitrogen and oxygen atoms in total. The van der Waals surface area contributed by atoms with Gasteiger partial charge in [0.2, 0.25) is 0 Å². The smallest absolute Gasteiger partial charge is 0.320 e. The maximum absolute atomic E-state index is 13.2. The molecule has 0 bridgehead atoms. The second-order valence-corrected chi connectivity index (χ2v) is 10.9. The van der Waals surface area contributed by atoms with Crippen molar-refractivity contribution in [1.82, 2.24) is 35.2 Å². The first-order valence-corrected chi connectivity index (χ1v) is 14.3. The maximum Gasteiger partial charge on any atom is 0.320 e. The number of hydrazine groups is 1. The van der Waals surface area contributed by atoms with Crippen LogP contribution < -0.4 is 15.3 Å². The van der Waals surface area contributed by atoms with Crippen molar-refractivity contribution in [3.05, 3.63) is 70.9 Å². The number of hydrogen-bond acceptors (Lipinski definition) is 9. The Morgan fingerprint density at radius 2 is 1.62 bits per heavy atom. The molecule has 2 aliphatic rings. The van der Waals surface area contributed by atoms with Crippen LogP contribution >= 0.6 is 11.3 Å². The molecule has 0 saturated carbocycles. The number of rotatable bonds is 5. The van der Waals surface area contributed by atoms with Crippen molar-refractivity contribution in [3.8, 4) is 0 Å². The fraction of sp³-hybridized carbons (Fsp3) is 0.357. The second kappa shape index (κ2) is 11.4. The van der Waals surface area contributed by atoms with E-state index in [1.807, 2.05) is 52.3 Å². The van der Waals surface area contributed by atoms with E-state index in [9.17, 15) is 9.59 Å². The number of piperidine rings is 1. The Bertz CT molecular complexity index is 1480. The highest BCUT2D eigenvalue weighted by Gasteiger charge is 2.30. The molecular formula is C28H31N9O2S. The first kappa shape index (κ1) is 25.9. The molecule has 3 aromatic heterocycles. The highest BCUT2D eigenvalue weighted by atomic mass is 32.1. The average molecular weight is 558 g/mol. The first-order chi connectivity index (χ1) is 19.5. The predicted octanol–water partition coefficient (Wildman–Crippen LogP) is 3.38. The van der Waals surface area contributed by atoms with Crippen LogP contribution in [-0.2, 0) is 0 Å². The van der Waals surface area contributed by atoms with Gasteiger partial charge in [0.05, 0.1) is 22.2 Å². The molecule has 6 rings (SSSR count). The number of piperazine rings is 1. The van der Waals surface area contributed by atoms with Crippen molar-refractivity contribution < 1.29 is 9.59 Å². The molecule has 0 unspecified atom stereocenters. The molecule has 5 heterocycles. The van der Waals surface area contributed by atoms with Crippen LogP contribution in [0.1, 0.15) is 34.3 Å². The van der Waals surface area contributed by atoms with Crippen LogP contribution in [0.25, 0.3) is 11.0 Å². The van der Waals surface area contributed by atoms with E-state index in [1.54, 1.807) is 29.8 Å². The van der Waals surface area contributed by atoms with E-state index < -0.39 is 0 Å². The molecule has 40 heavy (non-hydrogen) atoms. The number of amides is 3. The lowest BCUT2D eigenvalue weighted by Gasteiger charge is -2.39. The minimum absolute atomic E-state index is 0.109. The molecule has 0 atom stereocenters. The van der Waals surface area contributed by atoms with E-state index >= 15 is 0 Å². The molecule has 2 fully saturated rings. The Morgan fingerprint density at radius 1 is 0.900 bits per heavy atom. The molecule has 4 aromatic rings. The van der Waals surface area contributed by atoms with E-state index in [2.05, 4.69) is 30.3 Å². The molecule has 12 heteroatoms. The van der Waals surface area contributed by atoms with Crippen LogP contribution in [0.5, 0.6) is 0 Å². The predicted molar refractivity (Wildman–Crippen MR) is 154 cm³/mol. The van der Waals surface area contributed by atoms with Gasteiger partial charge in [0.1, 0.15) is 11.5 Å². The van der Waals surface area contributed by atoms with E-state index in [1.165, 1.54) is 11.3 Å². The normalized spacial score (nSPS) is 16.3. The first-order valence-electron chi connectivity index (χ1n) is 13.5. The number of nitrogens with one attached hydrogen (secondary N) is 1. The number of fused-ring (bicyclic) bond motifs is 1. The Hall–Kier alpha value is -4.32. The third kappa shape index (κ3) is 5.53. The Labute approximate surface area is 236 Å². The van der Waals surface area contributed by atoms with Gasteiger partial charge in [-0.15, -0.1) is 11.3 Å². The number of carbonyl (C=O) groups excluding carboxylic acids is 2. The lowest BCUT2D eigenvalue weighted by Crippen LogP contribution is -2.54. The molecule has 2 saturated heterocycles. The summed E-state index contributed by atoms with van der Waals surface area (Å²) in [6, 6.07) is 13.6. The van der Waals surface area contributed by atoms with Crippen LogP contribution in [0, 0.1) is 0 Å². The average Bonchev–Trinajstić information content (AvgIpc) is 3.52. The number of benzene rings is 1. The van der Waals surface area contributed by atoms with Crippen molar-refractivity contribution in [1.29, 1.82) is 0 Å². The topological polar surface area (TPSA) is 111 Å². The number of carbonyl (C=O) groups is 2. The van der Waals surface area contributed by atoms with Crippen LogP contribution in [-0.4, -0.2) is 88.0 Å². The summed E-state index contributed by atoms with van der Waals surface area (Å²) in [5, 5.41) is 4.29. The molecule has 3 amide bonds. The van der Waals surface area contributed by atoms with Crippen molar-refractivity contribution in [2.45, 2.75) is 18.8 Å². The van der Waals surface area contributed by atoms with Gasteiger partial charge < -0.3 is 14.7 Å².